The van der Waals surface area contributed by atoms with Crippen molar-refractivity contribution >= 4 is 60.8 Å². The van der Waals surface area contributed by atoms with Gasteiger partial charge in [-0.3, -0.25) is 10.1 Å². The number of rotatable bonds is 5. The van der Waals surface area contributed by atoms with E-state index < -0.39 is 0 Å². The van der Waals surface area contributed by atoms with Crippen molar-refractivity contribution in [2.75, 3.05) is 11.9 Å². The smallest absolute Gasteiger partial charge is 0.261 e. The van der Waals surface area contributed by atoms with Gasteiger partial charge in [-0.15, -0.1) is 0 Å². The molecule has 0 fully saturated rings. The number of amides is 1. The first-order chi connectivity index (χ1) is 11.8. The van der Waals surface area contributed by atoms with Gasteiger partial charge in [0.2, 0.25) is 0 Å². The quantitative estimate of drug-likeness (QED) is 0.558. The van der Waals surface area contributed by atoms with Crippen LogP contribution in [0.5, 0.6) is 5.75 Å². The Balaban J connectivity index is 2.07. The van der Waals surface area contributed by atoms with Crippen LogP contribution < -0.4 is 15.4 Å². The molecule has 4 nitrogen and oxygen atoms in total. The highest BCUT2D eigenvalue weighted by Gasteiger charge is 2.15. The number of halogens is 2. The zero-order valence-corrected chi connectivity index (χ0v) is 17.8. The van der Waals surface area contributed by atoms with Crippen LogP contribution in [0.3, 0.4) is 0 Å². The zero-order chi connectivity index (χ0) is 18.4. The summed E-state index contributed by atoms with van der Waals surface area (Å²) < 4.78 is 7.50. The molecule has 0 spiro atoms. The lowest BCUT2D eigenvalue weighted by Gasteiger charge is -2.14. The second kappa shape index (κ2) is 9.31. The molecule has 7 heteroatoms. The van der Waals surface area contributed by atoms with Gasteiger partial charge in [0.15, 0.2) is 5.11 Å². The lowest BCUT2D eigenvalue weighted by Crippen LogP contribution is -2.34. The molecule has 25 heavy (non-hydrogen) atoms. The van der Waals surface area contributed by atoms with E-state index in [9.17, 15) is 4.79 Å². The van der Waals surface area contributed by atoms with Crippen molar-refractivity contribution in [1.82, 2.24) is 5.32 Å². The third-order valence-corrected chi connectivity index (χ3v) is 4.31. The maximum Gasteiger partial charge on any atom is 0.261 e. The fraction of sp³-hybridized carbons (Fsp3) is 0.222. The molecular formula is C18H18Br2N2O2S. The fourth-order valence-electron chi connectivity index (χ4n) is 1.93. The van der Waals surface area contributed by atoms with Crippen molar-refractivity contribution in [1.29, 1.82) is 0 Å². The molecule has 0 aliphatic carbocycles. The van der Waals surface area contributed by atoms with Crippen LogP contribution in [-0.2, 0) is 0 Å². The first-order valence-electron chi connectivity index (χ1n) is 7.65. The Kier molecular flexibility index (Phi) is 7.40. The lowest BCUT2D eigenvalue weighted by atomic mass is 10.2. The Bertz CT molecular complexity index is 764. The molecule has 2 rings (SSSR count). The molecule has 0 bridgehead atoms. The largest absolute Gasteiger partial charge is 0.492 e. The number of anilines is 1. The summed E-state index contributed by atoms with van der Waals surface area (Å²) in [6.45, 7) is 4.63. The van der Waals surface area contributed by atoms with E-state index >= 15 is 0 Å². The molecular weight excluding hydrogens is 468 g/mol. The Labute approximate surface area is 169 Å². The number of thiocarbonyl (C=S) groups is 1. The van der Waals surface area contributed by atoms with E-state index in [0.29, 0.717) is 23.8 Å². The van der Waals surface area contributed by atoms with Crippen LogP contribution in [0.1, 0.15) is 24.2 Å². The van der Waals surface area contributed by atoms with Crippen LogP contribution in [0.25, 0.3) is 0 Å². The maximum absolute atomic E-state index is 12.6. The third kappa shape index (κ3) is 6.41. The average molecular weight is 486 g/mol. The van der Waals surface area contributed by atoms with Crippen LogP contribution in [0.2, 0.25) is 0 Å². The maximum atomic E-state index is 12.6. The number of hydrogen-bond acceptors (Lipinski definition) is 3. The van der Waals surface area contributed by atoms with Gasteiger partial charge in [0.25, 0.3) is 5.91 Å². The minimum absolute atomic E-state index is 0.224. The minimum atomic E-state index is -0.324. The molecule has 1 amide bonds. The summed E-state index contributed by atoms with van der Waals surface area (Å²) in [5, 5.41) is 5.89. The molecule has 132 valence electrons. The zero-order valence-electron chi connectivity index (χ0n) is 13.8. The van der Waals surface area contributed by atoms with Gasteiger partial charge < -0.3 is 10.1 Å². The van der Waals surface area contributed by atoms with Gasteiger partial charge in [-0.25, -0.2) is 0 Å². The number of nitrogens with one attached hydrogen (secondary N) is 2. The van der Waals surface area contributed by atoms with Crippen molar-refractivity contribution in [2.24, 2.45) is 5.92 Å². The van der Waals surface area contributed by atoms with Crippen molar-refractivity contribution in [3.63, 3.8) is 0 Å². The first-order valence-corrected chi connectivity index (χ1v) is 9.65. The summed E-state index contributed by atoms with van der Waals surface area (Å²) in [7, 11) is 0. The SMILES string of the molecule is CC(C)COc1ccc(Br)cc1C(=O)NC(=S)Nc1ccc(Br)cc1. The molecule has 2 aromatic carbocycles. The van der Waals surface area contributed by atoms with Gasteiger partial charge in [0, 0.05) is 14.6 Å². The van der Waals surface area contributed by atoms with Crippen molar-refractivity contribution in [2.45, 2.75) is 13.8 Å². The van der Waals surface area contributed by atoms with E-state index in [1.165, 1.54) is 0 Å². The van der Waals surface area contributed by atoms with Crippen LogP contribution in [0.4, 0.5) is 5.69 Å². The van der Waals surface area contributed by atoms with Crippen LogP contribution in [-0.4, -0.2) is 17.6 Å². The fourth-order valence-corrected chi connectivity index (χ4v) is 2.76. The highest BCUT2D eigenvalue weighted by Crippen LogP contribution is 2.24. The number of carbonyl (C=O) groups excluding carboxylic acids is 1. The summed E-state index contributed by atoms with van der Waals surface area (Å²) in [4.78, 5) is 12.6. The van der Waals surface area contributed by atoms with E-state index in [1.807, 2.05) is 30.3 Å². The summed E-state index contributed by atoms with van der Waals surface area (Å²) in [6.07, 6.45) is 0. The van der Waals surface area contributed by atoms with Crippen LogP contribution in [0.15, 0.2) is 51.4 Å². The molecule has 0 heterocycles. The van der Waals surface area contributed by atoms with E-state index in [4.69, 9.17) is 17.0 Å². The van der Waals surface area contributed by atoms with Crippen LogP contribution >= 0.6 is 44.1 Å². The van der Waals surface area contributed by atoms with Gasteiger partial charge in [0.05, 0.1) is 12.2 Å². The van der Waals surface area contributed by atoms with E-state index in [0.717, 1.165) is 14.6 Å². The van der Waals surface area contributed by atoms with E-state index in [-0.39, 0.29) is 11.0 Å². The van der Waals surface area contributed by atoms with E-state index in [2.05, 4.69) is 56.3 Å². The molecule has 0 aliphatic rings. The number of carbonyl (C=O) groups is 1. The Morgan fingerprint density at radius 2 is 1.76 bits per heavy atom. The van der Waals surface area contributed by atoms with Crippen molar-refractivity contribution < 1.29 is 9.53 Å². The molecule has 2 aromatic rings. The number of benzene rings is 2. The standard InChI is InChI=1S/C18H18Br2N2O2S/c1-11(2)10-24-16-8-5-13(20)9-15(16)17(23)22-18(25)21-14-6-3-12(19)4-7-14/h3-9,11H,10H2,1-2H3,(H2,21,22,23,25). The molecule has 0 aromatic heterocycles. The van der Waals surface area contributed by atoms with Gasteiger partial charge >= 0.3 is 0 Å². The van der Waals surface area contributed by atoms with E-state index in [1.54, 1.807) is 12.1 Å². The molecule has 2 N–H and O–H groups in total. The Hall–Kier alpha value is -1.44. The van der Waals surface area contributed by atoms with Gasteiger partial charge in [0.1, 0.15) is 5.75 Å². The Morgan fingerprint density at radius 1 is 1.12 bits per heavy atom. The first kappa shape index (κ1) is 19.9. The van der Waals surface area contributed by atoms with Gasteiger partial charge in [-0.2, -0.15) is 0 Å². The van der Waals surface area contributed by atoms with Gasteiger partial charge in [-0.05, 0) is 60.6 Å². The molecule has 0 aliphatic heterocycles. The van der Waals surface area contributed by atoms with Crippen LogP contribution in [0, 0.1) is 5.92 Å². The predicted octanol–water partition coefficient (Wildman–Crippen LogP) is 5.37. The topological polar surface area (TPSA) is 50.4 Å². The second-order valence-electron chi connectivity index (χ2n) is 5.76. The molecule has 0 saturated heterocycles. The number of ether oxygens (including phenoxy) is 1. The van der Waals surface area contributed by atoms with Gasteiger partial charge in [-0.1, -0.05) is 45.7 Å². The Morgan fingerprint density at radius 3 is 2.40 bits per heavy atom. The summed E-state index contributed by atoms with van der Waals surface area (Å²) in [5.41, 5.74) is 1.22. The van der Waals surface area contributed by atoms with Crippen molar-refractivity contribution in [3.05, 3.63) is 57.0 Å². The minimum Gasteiger partial charge on any atom is -0.492 e. The number of hydrogen-bond donors (Lipinski definition) is 2. The average Bonchev–Trinajstić information content (AvgIpc) is 2.55. The third-order valence-electron chi connectivity index (χ3n) is 3.09. The normalized spacial score (nSPS) is 10.4. The molecule has 0 saturated carbocycles. The second-order valence-corrected chi connectivity index (χ2v) is 8.00. The van der Waals surface area contributed by atoms with Crippen molar-refractivity contribution in [3.8, 4) is 5.75 Å². The summed E-state index contributed by atoms with van der Waals surface area (Å²) in [5.74, 6) is 0.565. The lowest BCUT2D eigenvalue weighted by molar-refractivity contribution is 0.0973. The predicted molar refractivity (Wildman–Crippen MR) is 112 cm³/mol. The summed E-state index contributed by atoms with van der Waals surface area (Å²) in [6, 6.07) is 12.8. The highest BCUT2D eigenvalue weighted by atomic mass is 79.9. The molecule has 0 unspecified atom stereocenters. The highest BCUT2D eigenvalue weighted by molar-refractivity contribution is 9.10. The summed E-state index contributed by atoms with van der Waals surface area (Å²) >= 11 is 12.0. The molecule has 0 radical (unpaired) electrons. The monoisotopic (exact) mass is 484 g/mol. The molecule has 0 atom stereocenters.